The van der Waals surface area contributed by atoms with Crippen LogP contribution in [0.5, 0.6) is 0 Å². The van der Waals surface area contributed by atoms with Crippen molar-refractivity contribution in [3.8, 4) is 0 Å². The van der Waals surface area contributed by atoms with Gasteiger partial charge in [-0.2, -0.15) is 0 Å². The second-order valence-electron chi connectivity index (χ2n) is 6.95. The number of hydrogen-bond acceptors (Lipinski definition) is 2. The molecular formula is C22H26Cl2N2O2. The summed E-state index contributed by atoms with van der Waals surface area (Å²) in [6.07, 6.45) is 1.00. The third-order valence-corrected chi connectivity index (χ3v) is 5.17. The lowest BCUT2D eigenvalue weighted by atomic mass is 10.1. The maximum atomic E-state index is 13.1. The molecule has 0 saturated carbocycles. The highest BCUT2D eigenvalue weighted by Crippen LogP contribution is 2.17. The van der Waals surface area contributed by atoms with Gasteiger partial charge in [0.2, 0.25) is 11.8 Å². The lowest BCUT2D eigenvalue weighted by Gasteiger charge is -2.30. The van der Waals surface area contributed by atoms with E-state index in [4.69, 9.17) is 23.2 Å². The Morgan fingerprint density at radius 2 is 1.68 bits per heavy atom. The number of halogens is 2. The zero-order valence-corrected chi connectivity index (χ0v) is 17.9. The minimum Gasteiger partial charge on any atom is -0.352 e. The van der Waals surface area contributed by atoms with Crippen LogP contribution in [0.15, 0.2) is 48.5 Å². The highest BCUT2D eigenvalue weighted by Gasteiger charge is 2.26. The van der Waals surface area contributed by atoms with Gasteiger partial charge < -0.3 is 10.2 Å². The molecule has 28 heavy (non-hydrogen) atoms. The number of carbonyl (C=O) groups excluding carboxylic acids is 2. The molecule has 150 valence electrons. The summed E-state index contributed by atoms with van der Waals surface area (Å²) >= 11 is 12.0. The van der Waals surface area contributed by atoms with Crippen LogP contribution in [0.2, 0.25) is 10.0 Å². The van der Waals surface area contributed by atoms with E-state index >= 15 is 0 Å². The maximum Gasteiger partial charge on any atom is 0.242 e. The van der Waals surface area contributed by atoms with Crippen molar-refractivity contribution in [2.75, 3.05) is 0 Å². The Labute approximate surface area is 176 Å². The predicted molar refractivity (Wildman–Crippen MR) is 115 cm³/mol. The van der Waals surface area contributed by atoms with Crippen molar-refractivity contribution in [2.24, 2.45) is 0 Å². The lowest BCUT2D eigenvalue weighted by molar-refractivity contribution is -0.140. The monoisotopic (exact) mass is 420 g/mol. The van der Waals surface area contributed by atoms with Crippen LogP contribution in [0.25, 0.3) is 0 Å². The molecule has 0 bridgehead atoms. The molecule has 2 amide bonds. The van der Waals surface area contributed by atoms with E-state index < -0.39 is 6.04 Å². The molecule has 2 atom stereocenters. The van der Waals surface area contributed by atoms with Gasteiger partial charge in [0.15, 0.2) is 0 Å². The Balaban J connectivity index is 2.22. The smallest absolute Gasteiger partial charge is 0.242 e. The predicted octanol–water partition coefficient (Wildman–Crippen LogP) is 4.87. The molecule has 0 radical (unpaired) electrons. The highest BCUT2D eigenvalue weighted by atomic mass is 35.5. The van der Waals surface area contributed by atoms with Gasteiger partial charge in [0.05, 0.1) is 6.42 Å². The summed E-state index contributed by atoms with van der Waals surface area (Å²) in [7, 11) is 0. The molecule has 0 heterocycles. The zero-order valence-electron chi connectivity index (χ0n) is 16.4. The van der Waals surface area contributed by atoms with E-state index in [0.29, 0.717) is 16.6 Å². The Morgan fingerprint density at radius 1 is 1.00 bits per heavy atom. The quantitative estimate of drug-likeness (QED) is 0.661. The van der Waals surface area contributed by atoms with Crippen molar-refractivity contribution in [3.63, 3.8) is 0 Å². The average molecular weight is 421 g/mol. The van der Waals surface area contributed by atoms with Gasteiger partial charge in [-0.05, 0) is 55.7 Å². The summed E-state index contributed by atoms with van der Waals surface area (Å²) in [4.78, 5) is 27.3. The summed E-state index contributed by atoms with van der Waals surface area (Å²) in [5, 5.41) is 4.17. The standard InChI is InChI=1S/C22H26Cl2N2O2/c1-4-15(2)25-22(28)16(3)26(14-17-8-10-19(23)11-9-17)21(27)13-18-6-5-7-20(24)12-18/h5-12,15-16H,4,13-14H2,1-3H3,(H,25,28)/t15-,16-/m0/s1. The van der Waals surface area contributed by atoms with Crippen LogP contribution in [0.1, 0.15) is 38.3 Å². The molecule has 2 aromatic rings. The fourth-order valence-electron chi connectivity index (χ4n) is 2.76. The van der Waals surface area contributed by atoms with E-state index in [0.717, 1.165) is 17.5 Å². The average Bonchev–Trinajstić information content (AvgIpc) is 2.66. The molecule has 4 nitrogen and oxygen atoms in total. The van der Waals surface area contributed by atoms with E-state index in [-0.39, 0.29) is 24.3 Å². The SMILES string of the molecule is CC[C@H](C)NC(=O)[C@H](C)N(Cc1ccc(Cl)cc1)C(=O)Cc1cccc(Cl)c1. The fourth-order valence-corrected chi connectivity index (χ4v) is 3.10. The number of rotatable bonds is 8. The van der Waals surface area contributed by atoms with Crippen molar-refractivity contribution in [2.45, 2.75) is 52.2 Å². The van der Waals surface area contributed by atoms with E-state index in [1.807, 2.05) is 38.1 Å². The van der Waals surface area contributed by atoms with Crippen molar-refractivity contribution in [1.82, 2.24) is 10.2 Å². The van der Waals surface area contributed by atoms with Crippen LogP contribution in [0.3, 0.4) is 0 Å². The molecule has 0 unspecified atom stereocenters. The van der Waals surface area contributed by atoms with Crippen molar-refractivity contribution in [3.05, 3.63) is 69.7 Å². The van der Waals surface area contributed by atoms with Gasteiger partial charge in [-0.3, -0.25) is 9.59 Å². The van der Waals surface area contributed by atoms with Crippen LogP contribution >= 0.6 is 23.2 Å². The first-order chi connectivity index (χ1) is 13.3. The Bertz CT molecular complexity index is 808. The Hall–Kier alpha value is -2.04. The van der Waals surface area contributed by atoms with E-state index in [1.165, 1.54) is 0 Å². The van der Waals surface area contributed by atoms with Gasteiger partial charge >= 0.3 is 0 Å². The summed E-state index contributed by atoms with van der Waals surface area (Å²) < 4.78 is 0. The summed E-state index contributed by atoms with van der Waals surface area (Å²) in [6.45, 7) is 6.03. The number of benzene rings is 2. The molecule has 1 N–H and O–H groups in total. The maximum absolute atomic E-state index is 13.1. The molecule has 0 saturated heterocycles. The molecule has 0 aromatic heterocycles. The minimum atomic E-state index is -0.601. The van der Waals surface area contributed by atoms with Crippen LogP contribution < -0.4 is 5.32 Å². The van der Waals surface area contributed by atoms with Gasteiger partial charge in [0, 0.05) is 22.6 Å². The second-order valence-corrected chi connectivity index (χ2v) is 7.82. The molecular weight excluding hydrogens is 395 g/mol. The van der Waals surface area contributed by atoms with Crippen molar-refractivity contribution in [1.29, 1.82) is 0 Å². The fraction of sp³-hybridized carbons (Fsp3) is 0.364. The number of hydrogen-bond donors (Lipinski definition) is 1. The Morgan fingerprint density at radius 3 is 2.29 bits per heavy atom. The molecule has 6 heteroatoms. The van der Waals surface area contributed by atoms with Crippen LogP contribution in [-0.4, -0.2) is 28.8 Å². The molecule has 0 spiro atoms. The largest absolute Gasteiger partial charge is 0.352 e. The van der Waals surface area contributed by atoms with Crippen LogP contribution in [0, 0.1) is 0 Å². The lowest BCUT2D eigenvalue weighted by Crippen LogP contribution is -2.49. The van der Waals surface area contributed by atoms with E-state index in [2.05, 4.69) is 5.32 Å². The van der Waals surface area contributed by atoms with E-state index in [1.54, 1.807) is 36.1 Å². The summed E-state index contributed by atoms with van der Waals surface area (Å²) in [5.41, 5.74) is 1.72. The first kappa shape index (κ1) is 22.3. The molecule has 0 aliphatic rings. The van der Waals surface area contributed by atoms with Crippen molar-refractivity contribution < 1.29 is 9.59 Å². The van der Waals surface area contributed by atoms with Crippen molar-refractivity contribution >= 4 is 35.0 Å². The molecule has 0 fully saturated rings. The topological polar surface area (TPSA) is 49.4 Å². The normalized spacial score (nSPS) is 12.9. The third kappa shape index (κ3) is 6.54. The minimum absolute atomic E-state index is 0.0513. The number of carbonyl (C=O) groups is 2. The molecule has 2 aromatic carbocycles. The number of amides is 2. The van der Waals surface area contributed by atoms with Gasteiger partial charge in [0.25, 0.3) is 0 Å². The van der Waals surface area contributed by atoms with Gasteiger partial charge in [-0.15, -0.1) is 0 Å². The van der Waals surface area contributed by atoms with Crippen LogP contribution in [0.4, 0.5) is 0 Å². The second kappa shape index (κ2) is 10.5. The first-order valence-corrected chi connectivity index (χ1v) is 10.1. The van der Waals surface area contributed by atoms with Gasteiger partial charge in [-0.1, -0.05) is 54.4 Å². The number of nitrogens with zero attached hydrogens (tertiary/aromatic N) is 1. The molecule has 2 rings (SSSR count). The van der Waals surface area contributed by atoms with Gasteiger partial charge in [-0.25, -0.2) is 0 Å². The van der Waals surface area contributed by atoms with Crippen LogP contribution in [-0.2, 0) is 22.6 Å². The highest BCUT2D eigenvalue weighted by molar-refractivity contribution is 6.30. The van der Waals surface area contributed by atoms with E-state index in [9.17, 15) is 9.59 Å². The number of nitrogens with one attached hydrogen (secondary N) is 1. The Kier molecular flexibility index (Phi) is 8.34. The first-order valence-electron chi connectivity index (χ1n) is 9.39. The molecule has 0 aliphatic carbocycles. The summed E-state index contributed by atoms with van der Waals surface area (Å²) in [5.74, 6) is -0.299. The zero-order chi connectivity index (χ0) is 20.7. The van der Waals surface area contributed by atoms with Gasteiger partial charge in [0.1, 0.15) is 6.04 Å². The third-order valence-electron chi connectivity index (χ3n) is 4.68. The molecule has 0 aliphatic heterocycles. The summed E-state index contributed by atoms with van der Waals surface area (Å²) in [6, 6.07) is 13.9.